The largest absolute Gasteiger partial charge is 0.468 e. The van der Waals surface area contributed by atoms with Crippen molar-refractivity contribution in [3.05, 3.63) is 102 Å². The highest BCUT2D eigenvalue weighted by Gasteiger charge is 2.42. The van der Waals surface area contributed by atoms with E-state index >= 15 is 0 Å². The molecule has 0 spiro atoms. The minimum Gasteiger partial charge on any atom is -0.468 e. The first-order valence-electron chi connectivity index (χ1n) is 13.6. The number of ether oxygens (including phenoxy) is 5. The summed E-state index contributed by atoms with van der Waals surface area (Å²) in [5, 5.41) is 12.8. The second kappa shape index (κ2) is 16.6. The van der Waals surface area contributed by atoms with Crippen LogP contribution in [0.25, 0.3) is 0 Å². The molecule has 0 heterocycles. The number of nitrogens with zero attached hydrogens (tertiary/aromatic N) is 1. The molecule has 0 radical (unpaired) electrons. The summed E-state index contributed by atoms with van der Waals surface area (Å²) in [6.45, 7) is 1.22. The highest BCUT2D eigenvalue weighted by atomic mass is 16.7. The summed E-state index contributed by atoms with van der Waals surface area (Å²) in [6, 6.07) is 20.2. The molecule has 0 aliphatic carbocycles. The molecule has 0 aliphatic rings. The van der Waals surface area contributed by atoms with Gasteiger partial charge in [-0.3, -0.25) is 4.79 Å². The third-order valence-corrected chi connectivity index (χ3v) is 6.52. The van der Waals surface area contributed by atoms with Crippen molar-refractivity contribution in [2.75, 3.05) is 28.1 Å². The summed E-state index contributed by atoms with van der Waals surface area (Å²) in [5.74, 6) is -2.11. The standard InChI is InChI=1S/C32H36N2O10/c1-21(35)26(33-32(39)42-19-22-11-7-5-8-12-22)29(36)34(2)27(31(38)41-4)28(44-30(37)24-13-9-6-10-14-24)23-15-17-25(18-16-23)43-20-40-3/h5-18,21,26-28,35H,19-20H2,1-4H3,(H,33,39)/t21-,26+,27-,28-/m1/s1. The number of likely N-dealkylation sites (N-methyl/N-ethyl adjacent to an activating group) is 1. The van der Waals surface area contributed by atoms with Gasteiger partial charge in [0.05, 0.1) is 18.8 Å². The summed E-state index contributed by atoms with van der Waals surface area (Å²) in [5.41, 5.74) is 1.25. The molecule has 0 bridgehead atoms. The van der Waals surface area contributed by atoms with E-state index in [1.54, 1.807) is 66.7 Å². The van der Waals surface area contributed by atoms with Crippen molar-refractivity contribution in [3.63, 3.8) is 0 Å². The number of methoxy groups -OCH3 is 2. The molecule has 12 heteroatoms. The number of rotatable bonds is 14. The topological polar surface area (TPSA) is 150 Å². The van der Waals surface area contributed by atoms with Crippen LogP contribution in [0.5, 0.6) is 5.75 Å². The maximum absolute atomic E-state index is 13.7. The van der Waals surface area contributed by atoms with Crippen molar-refractivity contribution in [1.82, 2.24) is 10.2 Å². The minimum absolute atomic E-state index is 0.00465. The number of esters is 2. The molecule has 0 aliphatic heterocycles. The Morgan fingerprint density at radius 1 is 0.886 bits per heavy atom. The smallest absolute Gasteiger partial charge is 0.408 e. The molecule has 0 saturated carbocycles. The number of hydrogen-bond acceptors (Lipinski definition) is 10. The fourth-order valence-corrected chi connectivity index (χ4v) is 4.20. The maximum Gasteiger partial charge on any atom is 0.408 e. The van der Waals surface area contributed by atoms with E-state index in [1.807, 2.05) is 6.07 Å². The lowest BCUT2D eigenvalue weighted by Gasteiger charge is -2.35. The predicted molar refractivity (Wildman–Crippen MR) is 157 cm³/mol. The van der Waals surface area contributed by atoms with Crippen LogP contribution in [0.2, 0.25) is 0 Å². The van der Waals surface area contributed by atoms with E-state index in [-0.39, 0.29) is 19.0 Å². The molecule has 0 aromatic heterocycles. The van der Waals surface area contributed by atoms with Crippen LogP contribution in [-0.4, -0.2) is 80.2 Å². The third kappa shape index (κ3) is 9.28. The number of nitrogens with one attached hydrogen (secondary N) is 1. The monoisotopic (exact) mass is 608 g/mol. The summed E-state index contributed by atoms with van der Waals surface area (Å²) in [4.78, 5) is 53.7. The zero-order valence-electron chi connectivity index (χ0n) is 24.9. The van der Waals surface area contributed by atoms with E-state index in [4.69, 9.17) is 23.7 Å². The molecule has 2 N–H and O–H groups in total. The number of carbonyl (C=O) groups is 4. The van der Waals surface area contributed by atoms with Gasteiger partial charge in [-0.1, -0.05) is 60.7 Å². The number of alkyl carbamates (subject to hydrolysis) is 1. The second-order valence-corrected chi connectivity index (χ2v) is 9.65. The van der Waals surface area contributed by atoms with Crippen molar-refractivity contribution >= 4 is 23.9 Å². The van der Waals surface area contributed by atoms with Crippen molar-refractivity contribution < 1.29 is 48.0 Å². The molecular weight excluding hydrogens is 572 g/mol. The number of aliphatic hydroxyl groups excluding tert-OH is 1. The fourth-order valence-electron chi connectivity index (χ4n) is 4.20. The van der Waals surface area contributed by atoms with E-state index in [0.717, 1.165) is 12.0 Å². The Labute approximate surface area is 255 Å². The second-order valence-electron chi connectivity index (χ2n) is 9.65. The fraction of sp³-hybridized carbons (Fsp3) is 0.312. The molecule has 0 saturated heterocycles. The van der Waals surface area contributed by atoms with Crippen molar-refractivity contribution in [3.8, 4) is 5.75 Å². The van der Waals surface area contributed by atoms with Crippen LogP contribution in [0, 0.1) is 0 Å². The Morgan fingerprint density at radius 3 is 2.07 bits per heavy atom. The summed E-state index contributed by atoms with van der Waals surface area (Å²) in [6.07, 6.45) is -3.73. The van der Waals surface area contributed by atoms with E-state index in [1.165, 1.54) is 33.2 Å². The Bertz CT molecular complexity index is 1370. The summed E-state index contributed by atoms with van der Waals surface area (Å²) >= 11 is 0. The maximum atomic E-state index is 13.7. The van der Waals surface area contributed by atoms with Crippen LogP contribution in [-0.2, 0) is 35.1 Å². The lowest BCUT2D eigenvalue weighted by atomic mass is 9.99. The summed E-state index contributed by atoms with van der Waals surface area (Å²) < 4.78 is 26.4. The van der Waals surface area contributed by atoms with Crippen molar-refractivity contribution in [2.45, 2.75) is 37.8 Å². The third-order valence-electron chi connectivity index (χ3n) is 6.52. The first-order chi connectivity index (χ1) is 21.2. The van der Waals surface area contributed by atoms with Gasteiger partial charge in [0.1, 0.15) is 18.4 Å². The van der Waals surface area contributed by atoms with Gasteiger partial charge in [-0.25, -0.2) is 14.4 Å². The van der Waals surface area contributed by atoms with Crippen LogP contribution in [0.4, 0.5) is 4.79 Å². The van der Waals surface area contributed by atoms with Gasteiger partial charge in [0, 0.05) is 14.2 Å². The van der Waals surface area contributed by atoms with E-state index < -0.39 is 48.2 Å². The van der Waals surface area contributed by atoms with Gasteiger partial charge in [-0.05, 0) is 42.3 Å². The van der Waals surface area contributed by atoms with Crippen LogP contribution in [0.3, 0.4) is 0 Å². The molecule has 0 fully saturated rings. The van der Waals surface area contributed by atoms with Gasteiger partial charge in [0.15, 0.2) is 18.9 Å². The van der Waals surface area contributed by atoms with Gasteiger partial charge >= 0.3 is 18.0 Å². The van der Waals surface area contributed by atoms with Gasteiger partial charge in [-0.15, -0.1) is 0 Å². The molecular formula is C32H36N2O10. The van der Waals surface area contributed by atoms with E-state index in [2.05, 4.69) is 5.32 Å². The lowest BCUT2D eigenvalue weighted by Crippen LogP contribution is -2.57. The SMILES string of the molecule is COCOc1ccc([C@@H](OC(=O)c2ccccc2)[C@H](C(=O)OC)N(C)C(=O)[C@@H](NC(=O)OCc2ccccc2)[C@@H](C)O)cc1. The van der Waals surface area contributed by atoms with Crippen LogP contribution in [0.15, 0.2) is 84.9 Å². The number of benzene rings is 3. The molecule has 4 atom stereocenters. The van der Waals surface area contributed by atoms with E-state index in [0.29, 0.717) is 16.9 Å². The normalized spacial score (nSPS) is 13.4. The molecule has 12 nitrogen and oxygen atoms in total. The minimum atomic E-state index is -1.53. The average Bonchev–Trinajstić information content (AvgIpc) is 3.05. The Balaban J connectivity index is 1.91. The van der Waals surface area contributed by atoms with Gasteiger partial charge in [-0.2, -0.15) is 0 Å². The van der Waals surface area contributed by atoms with Gasteiger partial charge in [0.25, 0.3) is 0 Å². The van der Waals surface area contributed by atoms with Gasteiger partial charge < -0.3 is 39.0 Å². The molecule has 3 aromatic rings. The molecule has 3 aromatic carbocycles. The highest BCUT2D eigenvalue weighted by molar-refractivity contribution is 5.92. The number of amides is 2. The first-order valence-corrected chi connectivity index (χ1v) is 13.6. The van der Waals surface area contributed by atoms with Crippen LogP contribution in [0.1, 0.15) is 34.5 Å². The Morgan fingerprint density at radius 2 is 1.50 bits per heavy atom. The molecule has 0 unspecified atom stereocenters. The average molecular weight is 609 g/mol. The Kier molecular flexibility index (Phi) is 12.7. The van der Waals surface area contributed by atoms with Crippen molar-refractivity contribution in [1.29, 1.82) is 0 Å². The molecule has 3 rings (SSSR count). The zero-order valence-corrected chi connectivity index (χ0v) is 24.9. The number of aliphatic hydroxyl groups is 1. The quantitative estimate of drug-likeness (QED) is 0.159. The van der Waals surface area contributed by atoms with Crippen molar-refractivity contribution in [2.24, 2.45) is 0 Å². The van der Waals surface area contributed by atoms with Crippen LogP contribution < -0.4 is 10.1 Å². The molecule has 44 heavy (non-hydrogen) atoms. The predicted octanol–water partition coefficient (Wildman–Crippen LogP) is 3.24. The lowest BCUT2D eigenvalue weighted by molar-refractivity contribution is -0.158. The van der Waals surface area contributed by atoms with Crippen LogP contribution >= 0.6 is 0 Å². The number of hydrogen-bond donors (Lipinski definition) is 2. The zero-order chi connectivity index (χ0) is 32.1. The molecule has 2 amide bonds. The molecule has 234 valence electrons. The Hall–Kier alpha value is -4.94. The summed E-state index contributed by atoms with van der Waals surface area (Å²) in [7, 11) is 3.87. The highest BCUT2D eigenvalue weighted by Crippen LogP contribution is 2.29. The van der Waals surface area contributed by atoms with E-state index in [9.17, 15) is 24.3 Å². The number of carbonyl (C=O) groups excluding carboxylic acids is 4. The first kappa shape index (κ1) is 33.6. The van der Waals surface area contributed by atoms with Gasteiger partial charge in [0.2, 0.25) is 5.91 Å².